The van der Waals surface area contributed by atoms with Crippen molar-refractivity contribution >= 4 is 17.6 Å². The summed E-state index contributed by atoms with van der Waals surface area (Å²) in [6, 6.07) is 14.3. The molecule has 26 heavy (non-hydrogen) atoms. The first-order valence-electron chi connectivity index (χ1n) is 8.91. The van der Waals surface area contributed by atoms with E-state index in [0.29, 0.717) is 23.6 Å². The molecule has 0 aliphatic carbocycles. The minimum Gasteiger partial charge on any atom is -0.484 e. The van der Waals surface area contributed by atoms with Crippen molar-refractivity contribution in [1.29, 1.82) is 0 Å². The summed E-state index contributed by atoms with van der Waals surface area (Å²) in [6.45, 7) is 4.41. The molecule has 138 valence electrons. The zero-order chi connectivity index (χ0) is 18.8. The number of rotatable bonds is 9. The van der Waals surface area contributed by atoms with Crippen LogP contribution in [0.1, 0.15) is 42.6 Å². The van der Waals surface area contributed by atoms with Crippen molar-refractivity contribution in [2.24, 2.45) is 0 Å². The molecule has 1 N–H and O–H groups in total. The zero-order valence-electron chi connectivity index (χ0n) is 15.3. The topological polar surface area (TPSA) is 64.6 Å². The Hall–Kier alpha value is -2.82. The van der Waals surface area contributed by atoms with Crippen molar-refractivity contribution in [3.63, 3.8) is 0 Å². The highest BCUT2D eigenvalue weighted by Gasteiger charge is 2.09. The van der Waals surface area contributed by atoms with Gasteiger partial charge in [-0.1, -0.05) is 38.5 Å². The summed E-state index contributed by atoms with van der Waals surface area (Å²) in [7, 11) is 0. The fourth-order valence-corrected chi connectivity index (χ4v) is 2.28. The Morgan fingerprint density at radius 2 is 1.81 bits per heavy atom. The first-order chi connectivity index (χ1) is 12.6. The van der Waals surface area contributed by atoms with E-state index in [0.717, 1.165) is 19.3 Å². The molecule has 2 aromatic rings. The first kappa shape index (κ1) is 19.5. The number of nitrogens with one attached hydrogen (secondary N) is 1. The molecule has 0 heterocycles. The smallest absolute Gasteiger partial charge is 0.338 e. The van der Waals surface area contributed by atoms with Crippen molar-refractivity contribution in [2.45, 2.75) is 33.1 Å². The lowest BCUT2D eigenvalue weighted by atomic mass is 10.2. The molecule has 0 bridgehead atoms. The molecular weight excluding hydrogens is 330 g/mol. The quantitative estimate of drug-likeness (QED) is 0.540. The number of carbonyl (C=O) groups is 2. The molecule has 5 nitrogen and oxygen atoms in total. The summed E-state index contributed by atoms with van der Waals surface area (Å²) >= 11 is 0. The summed E-state index contributed by atoms with van der Waals surface area (Å²) < 4.78 is 10.7. The minimum atomic E-state index is -0.387. The third-order valence-electron chi connectivity index (χ3n) is 3.81. The Balaban J connectivity index is 1.86. The monoisotopic (exact) mass is 355 g/mol. The second-order valence-corrected chi connectivity index (χ2v) is 5.90. The normalized spacial score (nSPS) is 10.2. The van der Waals surface area contributed by atoms with Crippen LogP contribution in [0.5, 0.6) is 5.75 Å². The van der Waals surface area contributed by atoms with Crippen LogP contribution in [0.25, 0.3) is 0 Å². The van der Waals surface area contributed by atoms with Gasteiger partial charge >= 0.3 is 5.97 Å². The van der Waals surface area contributed by atoms with Gasteiger partial charge in [-0.3, -0.25) is 4.79 Å². The van der Waals surface area contributed by atoms with Gasteiger partial charge in [-0.2, -0.15) is 0 Å². The molecule has 2 aromatic carbocycles. The van der Waals surface area contributed by atoms with Gasteiger partial charge in [-0.15, -0.1) is 0 Å². The van der Waals surface area contributed by atoms with Crippen LogP contribution in [-0.4, -0.2) is 25.1 Å². The number of unbranched alkanes of at least 4 members (excludes halogenated alkanes) is 1. The Morgan fingerprint density at radius 3 is 2.50 bits per heavy atom. The van der Waals surface area contributed by atoms with Crippen LogP contribution >= 0.6 is 0 Å². The Labute approximate surface area is 154 Å². The van der Waals surface area contributed by atoms with Gasteiger partial charge in [0.05, 0.1) is 12.2 Å². The third kappa shape index (κ3) is 6.24. The lowest BCUT2D eigenvalue weighted by molar-refractivity contribution is -0.118. The predicted octanol–water partition coefficient (Wildman–Crippen LogP) is 4.22. The van der Waals surface area contributed by atoms with Crippen molar-refractivity contribution in [3.8, 4) is 5.75 Å². The maximum Gasteiger partial charge on any atom is 0.338 e. The Bertz CT molecular complexity index is 725. The average Bonchev–Trinajstić information content (AvgIpc) is 2.67. The van der Waals surface area contributed by atoms with Gasteiger partial charge < -0.3 is 14.8 Å². The van der Waals surface area contributed by atoms with Crippen molar-refractivity contribution in [2.75, 3.05) is 18.5 Å². The predicted molar refractivity (Wildman–Crippen MR) is 102 cm³/mol. The van der Waals surface area contributed by atoms with E-state index in [-0.39, 0.29) is 18.5 Å². The van der Waals surface area contributed by atoms with E-state index in [9.17, 15) is 9.59 Å². The third-order valence-corrected chi connectivity index (χ3v) is 3.81. The number of aryl methyl sites for hydroxylation is 1. The molecule has 0 fully saturated rings. The highest BCUT2D eigenvalue weighted by Crippen LogP contribution is 2.14. The maximum absolute atomic E-state index is 12.0. The SMILES string of the molecule is CCCCOC(=O)c1cccc(NC(=O)COc2ccc(CC)cc2)c1. The number of esters is 1. The standard InChI is InChI=1S/C21H25NO4/c1-3-5-13-25-21(24)17-7-6-8-18(14-17)22-20(23)15-26-19-11-9-16(4-2)10-12-19/h6-12,14H,3-5,13,15H2,1-2H3,(H,22,23). The molecule has 0 saturated carbocycles. The van der Waals surface area contributed by atoms with E-state index in [1.165, 1.54) is 5.56 Å². The average molecular weight is 355 g/mol. The fourth-order valence-electron chi connectivity index (χ4n) is 2.28. The summed E-state index contributed by atoms with van der Waals surface area (Å²) in [6.07, 6.45) is 2.75. The number of anilines is 1. The maximum atomic E-state index is 12.0. The second kappa shape index (κ2) is 10.2. The molecule has 1 amide bonds. The number of hydrogen-bond acceptors (Lipinski definition) is 4. The molecule has 0 aromatic heterocycles. The molecule has 0 spiro atoms. The van der Waals surface area contributed by atoms with Gasteiger partial charge in [0, 0.05) is 5.69 Å². The largest absolute Gasteiger partial charge is 0.484 e. The lowest BCUT2D eigenvalue weighted by Crippen LogP contribution is -2.20. The van der Waals surface area contributed by atoms with Crippen LogP contribution in [0.2, 0.25) is 0 Å². The van der Waals surface area contributed by atoms with Crippen LogP contribution < -0.4 is 10.1 Å². The van der Waals surface area contributed by atoms with Gasteiger partial charge in [-0.25, -0.2) is 4.79 Å². The first-order valence-corrected chi connectivity index (χ1v) is 8.91. The van der Waals surface area contributed by atoms with E-state index in [2.05, 4.69) is 12.2 Å². The molecule has 0 aliphatic rings. The number of benzene rings is 2. The number of ether oxygens (including phenoxy) is 2. The van der Waals surface area contributed by atoms with Crippen LogP contribution in [0.15, 0.2) is 48.5 Å². The molecule has 0 unspecified atom stereocenters. The molecule has 5 heteroatoms. The van der Waals surface area contributed by atoms with Gasteiger partial charge in [-0.05, 0) is 48.7 Å². The summed E-state index contributed by atoms with van der Waals surface area (Å²) in [5, 5.41) is 2.73. The van der Waals surface area contributed by atoms with E-state index in [1.807, 2.05) is 31.2 Å². The highest BCUT2D eigenvalue weighted by molar-refractivity contribution is 5.95. The number of carbonyl (C=O) groups excluding carboxylic acids is 2. The molecule has 2 rings (SSSR count). The molecule has 0 saturated heterocycles. The molecule has 0 aliphatic heterocycles. The van der Waals surface area contributed by atoms with E-state index >= 15 is 0 Å². The number of amides is 1. The van der Waals surface area contributed by atoms with Gasteiger partial charge in [0.15, 0.2) is 6.61 Å². The van der Waals surface area contributed by atoms with E-state index in [1.54, 1.807) is 24.3 Å². The van der Waals surface area contributed by atoms with Crippen molar-refractivity contribution in [1.82, 2.24) is 0 Å². The van der Waals surface area contributed by atoms with Crippen LogP contribution in [-0.2, 0) is 16.0 Å². The summed E-state index contributed by atoms with van der Waals surface area (Å²) in [4.78, 5) is 24.0. The van der Waals surface area contributed by atoms with Gasteiger partial charge in [0.1, 0.15) is 5.75 Å². The van der Waals surface area contributed by atoms with Crippen LogP contribution in [0.4, 0.5) is 5.69 Å². The summed E-state index contributed by atoms with van der Waals surface area (Å²) in [5.74, 6) is -0.0338. The lowest BCUT2D eigenvalue weighted by Gasteiger charge is -2.09. The second-order valence-electron chi connectivity index (χ2n) is 5.90. The van der Waals surface area contributed by atoms with Gasteiger partial charge in [0.2, 0.25) is 0 Å². The number of hydrogen-bond donors (Lipinski definition) is 1. The molecule has 0 radical (unpaired) electrons. The summed E-state index contributed by atoms with van der Waals surface area (Å²) in [5.41, 5.74) is 2.16. The van der Waals surface area contributed by atoms with Crippen molar-refractivity contribution in [3.05, 3.63) is 59.7 Å². The van der Waals surface area contributed by atoms with E-state index < -0.39 is 0 Å². The molecule has 0 atom stereocenters. The fraction of sp³-hybridized carbons (Fsp3) is 0.333. The van der Waals surface area contributed by atoms with Crippen LogP contribution in [0, 0.1) is 0 Å². The Kier molecular flexibility index (Phi) is 7.68. The van der Waals surface area contributed by atoms with Crippen molar-refractivity contribution < 1.29 is 19.1 Å². The highest BCUT2D eigenvalue weighted by atomic mass is 16.5. The van der Waals surface area contributed by atoms with Gasteiger partial charge in [0.25, 0.3) is 5.91 Å². The van der Waals surface area contributed by atoms with E-state index in [4.69, 9.17) is 9.47 Å². The Morgan fingerprint density at radius 1 is 1.04 bits per heavy atom. The minimum absolute atomic E-state index is 0.101. The zero-order valence-corrected chi connectivity index (χ0v) is 15.3. The van der Waals surface area contributed by atoms with Crippen LogP contribution in [0.3, 0.4) is 0 Å². The molecular formula is C21H25NO4.